The Balaban J connectivity index is 1.98. The molecule has 0 aliphatic carbocycles. The van der Waals surface area contributed by atoms with Crippen LogP contribution in [0.2, 0.25) is 0 Å². The Morgan fingerprint density at radius 2 is 1.80 bits per heavy atom. The number of amides is 1. The quantitative estimate of drug-likeness (QED) is 0.887. The van der Waals surface area contributed by atoms with Gasteiger partial charge in [0, 0.05) is 11.3 Å². The van der Waals surface area contributed by atoms with Gasteiger partial charge >= 0.3 is 0 Å². The molecule has 1 heterocycles. The Bertz CT molecular complexity index is 459. The highest BCUT2D eigenvalue weighted by molar-refractivity contribution is 5.95. The number of carbonyl (C=O) groups excluding carboxylic acids is 1. The molecule has 0 radical (unpaired) electrons. The SMILES string of the molecule is CC(C)(C)[C@H](N)C(=O)Nc1ccc(C2OCCO2)cc1. The Labute approximate surface area is 119 Å². The molecule has 0 spiro atoms. The first-order valence-corrected chi connectivity index (χ1v) is 6.77. The summed E-state index contributed by atoms with van der Waals surface area (Å²) >= 11 is 0. The minimum absolute atomic E-state index is 0.182. The van der Waals surface area contributed by atoms with Crippen LogP contribution in [0.4, 0.5) is 5.69 Å². The van der Waals surface area contributed by atoms with Crippen molar-refractivity contribution in [1.82, 2.24) is 0 Å². The van der Waals surface area contributed by atoms with Gasteiger partial charge in [0.2, 0.25) is 5.91 Å². The highest BCUT2D eigenvalue weighted by Crippen LogP contribution is 2.25. The number of hydrogen-bond acceptors (Lipinski definition) is 4. The van der Waals surface area contributed by atoms with Gasteiger partial charge in [0.25, 0.3) is 0 Å². The van der Waals surface area contributed by atoms with Gasteiger partial charge in [0.05, 0.1) is 19.3 Å². The first kappa shape index (κ1) is 15.0. The summed E-state index contributed by atoms with van der Waals surface area (Å²) in [5.74, 6) is -0.182. The molecule has 0 aromatic heterocycles. The van der Waals surface area contributed by atoms with Crippen LogP contribution >= 0.6 is 0 Å². The lowest BCUT2D eigenvalue weighted by Gasteiger charge is -2.25. The van der Waals surface area contributed by atoms with Gasteiger partial charge in [-0.1, -0.05) is 32.9 Å². The van der Waals surface area contributed by atoms with Crippen molar-refractivity contribution >= 4 is 11.6 Å². The van der Waals surface area contributed by atoms with Crippen molar-refractivity contribution in [3.63, 3.8) is 0 Å². The van der Waals surface area contributed by atoms with E-state index in [1.165, 1.54) is 0 Å². The molecule has 1 aromatic rings. The van der Waals surface area contributed by atoms with E-state index in [0.29, 0.717) is 13.2 Å². The zero-order chi connectivity index (χ0) is 14.8. The largest absolute Gasteiger partial charge is 0.346 e. The minimum Gasteiger partial charge on any atom is -0.346 e. The maximum atomic E-state index is 12.0. The molecule has 5 nitrogen and oxygen atoms in total. The molecular weight excluding hydrogens is 256 g/mol. The van der Waals surface area contributed by atoms with Gasteiger partial charge in [0.15, 0.2) is 6.29 Å². The fraction of sp³-hybridized carbons (Fsp3) is 0.533. The number of ether oxygens (including phenoxy) is 2. The number of benzene rings is 1. The van der Waals surface area contributed by atoms with E-state index in [9.17, 15) is 4.79 Å². The summed E-state index contributed by atoms with van der Waals surface area (Å²) in [5.41, 5.74) is 7.32. The van der Waals surface area contributed by atoms with E-state index in [1.54, 1.807) is 0 Å². The number of anilines is 1. The molecule has 0 bridgehead atoms. The summed E-state index contributed by atoms with van der Waals surface area (Å²) in [6, 6.07) is 6.87. The zero-order valence-electron chi connectivity index (χ0n) is 12.2. The molecule has 1 saturated heterocycles. The maximum Gasteiger partial charge on any atom is 0.241 e. The first-order chi connectivity index (χ1) is 9.38. The minimum atomic E-state index is -0.552. The van der Waals surface area contributed by atoms with Crippen molar-refractivity contribution in [2.24, 2.45) is 11.1 Å². The molecule has 0 saturated carbocycles. The van der Waals surface area contributed by atoms with Gasteiger partial charge in [-0.2, -0.15) is 0 Å². The van der Waals surface area contributed by atoms with Crippen LogP contribution in [0.1, 0.15) is 32.6 Å². The van der Waals surface area contributed by atoms with Crippen molar-refractivity contribution in [3.05, 3.63) is 29.8 Å². The molecule has 1 aliphatic rings. The predicted octanol–water partition coefficient (Wildman–Crippen LogP) is 2.04. The molecule has 1 aliphatic heterocycles. The summed E-state index contributed by atoms with van der Waals surface area (Å²) in [7, 11) is 0. The van der Waals surface area contributed by atoms with Gasteiger partial charge in [-0.3, -0.25) is 4.79 Å². The van der Waals surface area contributed by atoms with Crippen molar-refractivity contribution in [2.75, 3.05) is 18.5 Å². The number of nitrogens with two attached hydrogens (primary N) is 1. The van der Waals surface area contributed by atoms with Crippen LogP contribution < -0.4 is 11.1 Å². The molecule has 1 fully saturated rings. The van der Waals surface area contributed by atoms with E-state index in [0.717, 1.165) is 11.3 Å². The fourth-order valence-corrected chi connectivity index (χ4v) is 1.89. The van der Waals surface area contributed by atoms with Gasteiger partial charge in [-0.25, -0.2) is 0 Å². The van der Waals surface area contributed by atoms with Crippen LogP contribution in [0.25, 0.3) is 0 Å². The Morgan fingerprint density at radius 3 is 2.30 bits per heavy atom. The van der Waals surface area contributed by atoms with Crippen LogP contribution in [0, 0.1) is 5.41 Å². The number of rotatable bonds is 3. The molecule has 2 rings (SSSR count). The Kier molecular flexibility index (Phi) is 4.42. The second kappa shape index (κ2) is 5.91. The van der Waals surface area contributed by atoms with Crippen molar-refractivity contribution in [3.8, 4) is 0 Å². The van der Waals surface area contributed by atoms with Gasteiger partial charge in [-0.05, 0) is 17.5 Å². The highest BCUT2D eigenvalue weighted by atomic mass is 16.7. The van der Waals surface area contributed by atoms with Crippen LogP contribution in [0.3, 0.4) is 0 Å². The average Bonchev–Trinajstić information content (AvgIpc) is 2.91. The van der Waals surface area contributed by atoms with E-state index in [1.807, 2.05) is 45.0 Å². The third-order valence-electron chi connectivity index (χ3n) is 3.29. The van der Waals surface area contributed by atoms with Crippen molar-refractivity contribution in [1.29, 1.82) is 0 Å². The van der Waals surface area contributed by atoms with E-state index < -0.39 is 6.04 Å². The van der Waals surface area contributed by atoms with Crippen LogP contribution in [-0.4, -0.2) is 25.2 Å². The molecular formula is C15H22N2O3. The monoisotopic (exact) mass is 278 g/mol. The Hall–Kier alpha value is -1.43. The number of hydrogen-bond donors (Lipinski definition) is 2. The highest BCUT2D eigenvalue weighted by Gasteiger charge is 2.27. The molecule has 1 amide bonds. The topological polar surface area (TPSA) is 73.6 Å². The van der Waals surface area contributed by atoms with Crippen LogP contribution in [-0.2, 0) is 14.3 Å². The van der Waals surface area contributed by atoms with E-state index in [2.05, 4.69) is 5.32 Å². The van der Waals surface area contributed by atoms with E-state index in [4.69, 9.17) is 15.2 Å². The summed E-state index contributed by atoms with van der Waals surface area (Å²) in [6.45, 7) is 7.05. The lowest BCUT2D eigenvalue weighted by molar-refractivity contribution is -0.119. The van der Waals surface area contributed by atoms with Gasteiger partial charge < -0.3 is 20.5 Å². The second-order valence-electron chi connectivity index (χ2n) is 6.03. The zero-order valence-corrected chi connectivity index (χ0v) is 12.2. The predicted molar refractivity (Wildman–Crippen MR) is 77.1 cm³/mol. The second-order valence-corrected chi connectivity index (χ2v) is 6.03. The third kappa shape index (κ3) is 3.56. The number of nitrogens with one attached hydrogen (secondary N) is 1. The average molecular weight is 278 g/mol. The fourth-order valence-electron chi connectivity index (χ4n) is 1.89. The lowest BCUT2D eigenvalue weighted by atomic mass is 9.87. The van der Waals surface area contributed by atoms with Crippen molar-refractivity contribution < 1.29 is 14.3 Å². The summed E-state index contributed by atoms with van der Waals surface area (Å²) in [6.07, 6.45) is -0.295. The third-order valence-corrected chi connectivity index (χ3v) is 3.29. The Morgan fingerprint density at radius 1 is 1.25 bits per heavy atom. The molecule has 3 N–H and O–H groups in total. The summed E-state index contributed by atoms with van der Waals surface area (Å²) < 4.78 is 10.8. The maximum absolute atomic E-state index is 12.0. The van der Waals surface area contributed by atoms with Crippen LogP contribution in [0.5, 0.6) is 0 Å². The summed E-state index contributed by atoms with van der Waals surface area (Å²) in [4.78, 5) is 12.0. The first-order valence-electron chi connectivity index (χ1n) is 6.77. The molecule has 110 valence electrons. The molecule has 1 aromatic carbocycles. The van der Waals surface area contributed by atoms with Gasteiger partial charge in [-0.15, -0.1) is 0 Å². The standard InChI is InChI=1S/C15H22N2O3/c1-15(2,3)12(16)13(18)17-11-6-4-10(5-7-11)14-19-8-9-20-14/h4-7,12,14H,8-9,16H2,1-3H3,(H,17,18)/t12-/m1/s1. The molecule has 0 unspecified atom stereocenters. The molecule has 20 heavy (non-hydrogen) atoms. The van der Waals surface area contributed by atoms with Crippen molar-refractivity contribution in [2.45, 2.75) is 33.1 Å². The summed E-state index contributed by atoms with van der Waals surface area (Å²) in [5, 5.41) is 2.82. The van der Waals surface area contributed by atoms with E-state index in [-0.39, 0.29) is 17.6 Å². The smallest absolute Gasteiger partial charge is 0.241 e. The molecule has 5 heteroatoms. The molecule has 1 atom stereocenters. The van der Waals surface area contributed by atoms with E-state index >= 15 is 0 Å². The normalized spacial score (nSPS) is 18.0. The van der Waals surface area contributed by atoms with Gasteiger partial charge in [0.1, 0.15) is 0 Å². The lowest BCUT2D eigenvalue weighted by Crippen LogP contribution is -2.45. The van der Waals surface area contributed by atoms with Crippen LogP contribution in [0.15, 0.2) is 24.3 Å². The number of carbonyl (C=O) groups is 1.